The first-order chi connectivity index (χ1) is 15.4. The van der Waals surface area contributed by atoms with E-state index in [9.17, 15) is 4.79 Å². The number of rotatable bonds is 9. The summed E-state index contributed by atoms with van der Waals surface area (Å²) in [5.74, 6) is 1.09. The molecular weight excluding hydrogens is 424 g/mol. The fourth-order valence-corrected chi connectivity index (χ4v) is 3.24. The lowest BCUT2D eigenvalue weighted by Gasteiger charge is -2.14. The van der Waals surface area contributed by atoms with Crippen LogP contribution in [0.4, 0.5) is 0 Å². The third kappa shape index (κ3) is 6.86. The highest BCUT2D eigenvalue weighted by molar-refractivity contribution is 6.30. The predicted molar refractivity (Wildman–Crippen MR) is 129 cm³/mol. The second-order valence-electron chi connectivity index (χ2n) is 7.45. The third-order valence-corrected chi connectivity index (χ3v) is 5.09. The Labute approximate surface area is 194 Å². The summed E-state index contributed by atoms with van der Waals surface area (Å²) in [7, 11) is 0. The van der Waals surface area contributed by atoms with E-state index in [1.165, 1.54) is 11.1 Å². The molecule has 3 rings (SSSR count). The molecule has 32 heavy (non-hydrogen) atoms. The van der Waals surface area contributed by atoms with E-state index in [1.54, 1.807) is 18.3 Å². The van der Waals surface area contributed by atoms with Crippen LogP contribution in [0.5, 0.6) is 11.5 Å². The molecule has 0 bridgehead atoms. The summed E-state index contributed by atoms with van der Waals surface area (Å²) in [6.07, 6.45) is 1.81. The van der Waals surface area contributed by atoms with Gasteiger partial charge in [0.1, 0.15) is 6.61 Å². The molecule has 6 heteroatoms. The largest absolute Gasteiger partial charge is 0.490 e. The monoisotopic (exact) mass is 450 g/mol. The number of ether oxygens (including phenoxy) is 2. The number of hydrogen-bond donors (Lipinski definition) is 1. The molecule has 5 nitrogen and oxygen atoms in total. The van der Waals surface area contributed by atoms with Gasteiger partial charge in [0.2, 0.25) is 5.91 Å². The van der Waals surface area contributed by atoms with Gasteiger partial charge in [0.15, 0.2) is 11.5 Å². The molecule has 166 valence electrons. The summed E-state index contributed by atoms with van der Waals surface area (Å²) in [5, 5.41) is 4.69. The number of nitrogens with zero attached hydrogens (tertiary/aromatic N) is 1. The van der Waals surface area contributed by atoms with Crippen molar-refractivity contribution < 1.29 is 14.3 Å². The zero-order valence-electron chi connectivity index (χ0n) is 18.5. The summed E-state index contributed by atoms with van der Waals surface area (Å²) in [6, 6.07) is 19.0. The summed E-state index contributed by atoms with van der Waals surface area (Å²) >= 11 is 5.87. The average molecular weight is 451 g/mol. The maximum atomic E-state index is 12.1. The molecule has 0 fully saturated rings. The zero-order chi connectivity index (χ0) is 22.9. The van der Waals surface area contributed by atoms with E-state index in [0.717, 1.165) is 16.7 Å². The van der Waals surface area contributed by atoms with Crippen molar-refractivity contribution in [2.75, 3.05) is 6.61 Å². The van der Waals surface area contributed by atoms with Crippen molar-refractivity contribution in [3.05, 3.63) is 93.5 Å². The topological polar surface area (TPSA) is 59.9 Å². The standard InChI is InChI=1S/C26H27ClN2O3/c1-4-31-25-14-21(16-28-29-26(30)15-20-7-10-23(27)11-8-20)9-12-24(25)32-17-22-13-18(2)5-6-19(22)3/h5-14,16H,4,15,17H2,1-3H3,(H,29,30)/b28-16-. The van der Waals surface area contributed by atoms with Gasteiger partial charge in [-0.3, -0.25) is 4.79 Å². The number of aryl methyl sites for hydroxylation is 2. The van der Waals surface area contributed by atoms with Crippen molar-refractivity contribution in [2.45, 2.75) is 33.8 Å². The molecule has 0 aliphatic rings. The predicted octanol–water partition coefficient (Wildman–Crippen LogP) is 5.63. The van der Waals surface area contributed by atoms with Gasteiger partial charge >= 0.3 is 0 Å². The number of carbonyl (C=O) groups excluding carboxylic acids is 1. The van der Waals surface area contributed by atoms with E-state index in [2.05, 4.69) is 42.6 Å². The first-order valence-electron chi connectivity index (χ1n) is 10.5. The molecule has 3 aromatic carbocycles. The van der Waals surface area contributed by atoms with E-state index in [-0.39, 0.29) is 12.3 Å². The zero-order valence-corrected chi connectivity index (χ0v) is 19.3. The number of hydrazone groups is 1. The number of amides is 1. The molecule has 3 aromatic rings. The molecule has 1 amide bonds. The van der Waals surface area contributed by atoms with E-state index >= 15 is 0 Å². The normalized spacial score (nSPS) is 10.9. The lowest BCUT2D eigenvalue weighted by atomic mass is 10.1. The Morgan fingerprint density at radius 1 is 1.00 bits per heavy atom. The molecular formula is C26H27ClN2O3. The first-order valence-corrected chi connectivity index (χ1v) is 10.8. The molecule has 0 aromatic heterocycles. The molecule has 0 unspecified atom stereocenters. The number of nitrogens with one attached hydrogen (secondary N) is 1. The fraction of sp³-hybridized carbons (Fsp3) is 0.231. The smallest absolute Gasteiger partial charge is 0.244 e. The molecule has 1 N–H and O–H groups in total. The fourth-order valence-electron chi connectivity index (χ4n) is 3.11. The van der Waals surface area contributed by atoms with Crippen molar-refractivity contribution in [3.63, 3.8) is 0 Å². The highest BCUT2D eigenvalue weighted by atomic mass is 35.5. The summed E-state index contributed by atoms with van der Waals surface area (Å²) < 4.78 is 11.8. The molecule has 0 saturated heterocycles. The van der Waals surface area contributed by atoms with E-state index in [4.69, 9.17) is 21.1 Å². The van der Waals surface area contributed by atoms with Gasteiger partial charge < -0.3 is 9.47 Å². The number of hydrogen-bond acceptors (Lipinski definition) is 4. The van der Waals surface area contributed by atoms with E-state index in [0.29, 0.717) is 29.7 Å². The molecule has 0 spiro atoms. The van der Waals surface area contributed by atoms with Crippen LogP contribution in [-0.2, 0) is 17.8 Å². The Morgan fingerprint density at radius 2 is 1.78 bits per heavy atom. The van der Waals surface area contributed by atoms with Gasteiger partial charge in [0.25, 0.3) is 0 Å². The van der Waals surface area contributed by atoms with Gasteiger partial charge in [-0.1, -0.05) is 47.5 Å². The van der Waals surface area contributed by atoms with Crippen LogP contribution >= 0.6 is 11.6 Å². The van der Waals surface area contributed by atoms with Crippen LogP contribution in [0.2, 0.25) is 5.02 Å². The van der Waals surface area contributed by atoms with Gasteiger partial charge in [-0.25, -0.2) is 5.43 Å². The van der Waals surface area contributed by atoms with Crippen LogP contribution in [0.3, 0.4) is 0 Å². The van der Waals surface area contributed by atoms with Crippen molar-refractivity contribution >= 4 is 23.7 Å². The molecule has 0 aliphatic carbocycles. The maximum absolute atomic E-state index is 12.1. The summed E-state index contributed by atoms with van der Waals surface area (Å²) in [6.45, 7) is 7.03. The molecule has 0 radical (unpaired) electrons. The van der Waals surface area contributed by atoms with E-state index < -0.39 is 0 Å². The number of carbonyl (C=O) groups is 1. The highest BCUT2D eigenvalue weighted by Crippen LogP contribution is 2.29. The highest BCUT2D eigenvalue weighted by Gasteiger charge is 2.08. The summed E-state index contributed by atoms with van der Waals surface area (Å²) in [4.78, 5) is 12.1. The number of benzene rings is 3. The lowest BCUT2D eigenvalue weighted by molar-refractivity contribution is -0.120. The second-order valence-corrected chi connectivity index (χ2v) is 7.89. The molecule has 0 saturated carbocycles. The minimum Gasteiger partial charge on any atom is -0.490 e. The van der Waals surface area contributed by atoms with Crippen molar-refractivity contribution in [2.24, 2.45) is 5.10 Å². The Kier molecular flexibility index (Phi) is 8.28. The van der Waals surface area contributed by atoms with Crippen LogP contribution in [0.1, 0.15) is 34.7 Å². The molecule has 0 atom stereocenters. The van der Waals surface area contributed by atoms with Crippen LogP contribution in [0, 0.1) is 13.8 Å². The van der Waals surface area contributed by atoms with Crippen LogP contribution < -0.4 is 14.9 Å². The third-order valence-electron chi connectivity index (χ3n) is 4.84. The minimum absolute atomic E-state index is 0.206. The first kappa shape index (κ1) is 23.4. The van der Waals surface area contributed by atoms with Crippen LogP contribution in [0.25, 0.3) is 0 Å². The van der Waals surface area contributed by atoms with Crippen molar-refractivity contribution in [3.8, 4) is 11.5 Å². The summed E-state index contributed by atoms with van der Waals surface area (Å²) in [5.41, 5.74) is 7.73. The lowest BCUT2D eigenvalue weighted by Crippen LogP contribution is -2.19. The maximum Gasteiger partial charge on any atom is 0.244 e. The molecule has 0 aliphatic heterocycles. The van der Waals surface area contributed by atoms with Gasteiger partial charge in [-0.2, -0.15) is 5.10 Å². The van der Waals surface area contributed by atoms with Gasteiger partial charge in [-0.15, -0.1) is 0 Å². The van der Waals surface area contributed by atoms with Gasteiger partial charge in [-0.05, 0) is 73.4 Å². The van der Waals surface area contributed by atoms with Crippen molar-refractivity contribution in [1.29, 1.82) is 0 Å². The Balaban J connectivity index is 1.62. The van der Waals surface area contributed by atoms with E-state index in [1.807, 2.05) is 37.3 Å². The average Bonchev–Trinajstić information content (AvgIpc) is 2.77. The quantitative estimate of drug-likeness (QED) is 0.339. The Bertz CT molecular complexity index is 1090. The minimum atomic E-state index is -0.206. The van der Waals surface area contributed by atoms with Gasteiger partial charge in [0.05, 0.1) is 19.2 Å². The Morgan fingerprint density at radius 3 is 2.53 bits per heavy atom. The SMILES string of the molecule is CCOc1cc(/C=N\NC(=O)Cc2ccc(Cl)cc2)ccc1OCc1cc(C)ccc1C. The van der Waals surface area contributed by atoms with Crippen LogP contribution in [0.15, 0.2) is 65.8 Å². The van der Waals surface area contributed by atoms with Crippen LogP contribution in [-0.4, -0.2) is 18.7 Å². The number of halogens is 1. The van der Waals surface area contributed by atoms with Gasteiger partial charge in [0, 0.05) is 5.02 Å². The second kappa shape index (κ2) is 11.3. The Hall–Kier alpha value is -3.31. The van der Waals surface area contributed by atoms with Crippen molar-refractivity contribution in [1.82, 2.24) is 5.43 Å². The molecule has 0 heterocycles.